The average molecular weight is 408 g/mol. The molecule has 0 heterocycles. The summed E-state index contributed by atoms with van der Waals surface area (Å²) in [5.74, 6) is -0.0480. The van der Waals surface area contributed by atoms with Gasteiger partial charge in [-0.2, -0.15) is 0 Å². The molecule has 27 heavy (non-hydrogen) atoms. The van der Waals surface area contributed by atoms with Crippen LogP contribution in [0.15, 0.2) is 61.4 Å². The third kappa shape index (κ3) is 6.32. The van der Waals surface area contributed by atoms with Crippen LogP contribution in [0.25, 0.3) is 0 Å². The van der Waals surface area contributed by atoms with Crippen molar-refractivity contribution in [3.8, 4) is 5.75 Å². The molecule has 8 heteroatoms. The van der Waals surface area contributed by atoms with Gasteiger partial charge in [0.1, 0.15) is 18.4 Å². The molecule has 0 fully saturated rings. The second-order valence-corrected chi connectivity index (χ2v) is 6.01. The molecule has 0 aromatic heterocycles. The summed E-state index contributed by atoms with van der Waals surface area (Å²) in [5, 5.41) is 2.70. The Morgan fingerprint density at radius 2 is 1.96 bits per heavy atom. The molecule has 1 N–H and O–H groups in total. The van der Waals surface area contributed by atoms with Crippen molar-refractivity contribution in [2.24, 2.45) is 0 Å². The fraction of sp³-hybridized carbons (Fsp3) is 0.158. The number of nitrogens with one attached hydrogen (secondary N) is 1. The molecule has 0 aliphatic heterocycles. The second kappa shape index (κ2) is 10.6. The quantitative estimate of drug-likeness (QED) is 0.282. The number of amides is 1. The molecule has 1 amide bonds. The Labute approximate surface area is 167 Å². The van der Waals surface area contributed by atoms with Crippen LogP contribution in [-0.4, -0.2) is 24.5 Å². The summed E-state index contributed by atoms with van der Waals surface area (Å²) in [6.45, 7) is 3.38. The first kappa shape index (κ1) is 20.8. The standard InChI is InChI=1S/C19H18ClNO5S/c1-2-24-17-9-8-14(10-15(17)20)18(22)16(12-26-27)21-19(23)25-11-13-6-4-3-5-7-13/h2-10,16,27H,1,11-12H2,(H,21,23)/t16-/m1/s1. The van der Waals surface area contributed by atoms with Crippen LogP contribution < -0.4 is 10.1 Å². The van der Waals surface area contributed by atoms with Crippen molar-refractivity contribution in [1.82, 2.24) is 5.32 Å². The van der Waals surface area contributed by atoms with E-state index in [1.54, 1.807) is 0 Å². The Bertz CT molecular complexity index is 800. The van der Waals surface area contributed by atoms with Crippen LogP contribution in [0.2, 0.25) is 5.02 Å². The highest BCUT2D eigenvalue weighted by Gasteiger charge is 2.24. The highest BCUT2D eigenvalue weighted by atomic mass is 35.5. The molecule has 0 aliphatic rings. The van der Waals surface area contributed by atoms with Crippen LogP contribution >= 0.6 is 24.5 Å². The van der Waals surface area contributed by atoms with Gasteiger partial charge in [-0.15, -0.1) is 0 Å². The normalized spacial score (nSPS) is 11.3. The largest absolute Gasteiger partial charge is 0.464 e. The summed E-state index contributed by atoms with van der Waals surface area (Å²) in [4.78, 5) is 24.7. The van der Waals surface area contributed by atoms with E-state index in [1.807, 2.05) is 30.3 Å². The molecule has 2 aromatic carbocycles. The van der Waals surface area contributed by atoms with Crippen molar-refractivity contribution >= 4 is 36.4 Å². The Morgan fingerprint density at radius 1 is 1.22 bits per heavy atom. The zero-order valence-electron chi connectivity index (χ0n) is 14.3. The van der Waals surface area contributed by atoms with Gasteiger partial charge >= 0.3 is 6.09 Å². The molecule has 2 aromatic rings. The van der Waals surface area contributed by atoms with E-state index in [-0.39, 0.29) is 23.8 Å². The number of hydrogen-bond donors (Lipinski definition) is 2. The van der Waals surface area contributed by atoms with Gasteiger partial charge < -0.3 is 19.0 Å². The molecule has 2 rings (SSSR count). The van der Waals surface area contributed by atoms with Gasteiger partial charge in [-0.25, -0.2) is 4.79 Å². The van der Waals surface area contributed by atoms with Crippen molar-refractivity contribution < 1.29 is 23.2 Å². The van der Waals surface area contributed by atoms with Gasteiger partial charge in [0.25, 0.3) is 0 Å². The topological polar surface area (TPSA) is 73.9 Å². The second-order valence-electron chi connectivity index (χ2n) is 5.35. The van der Waals surface area contributed by atoms with E-state index in [1.165, 1.54) is 24.5 Å². The molecule has 0 spiro atoms. The molecule has 1 atom stereocenters. The van der Waals surface area contributed by atoms with Gasteiger partial charge in [0.2, 0.25) is 0 Å². The van der Waals surface area contributed by atoms with Crippen LogP contribution in [0.1, 0.15) is 15.9 Å². The summed E-state index contributed by atoms with van der Waals surface area (Å²) < 4.78 is 15.0. The maximum Gasteiger partial charge on any atom is 0.408 e. The number of benzene rings is 2. The predicted molar refractivity (Wildman–Crippen MR) is 105 cm³/mol. The van der Waals surface area contributed by atoms with Crippen molar-refractivity contribution in [3.63, 3.8) is 0 Å². The maximum atomic E-state index is 12.7. The highest BCUT2D eigenvalue weighted by molar-refractivity contribution is 7.75. The van der Waals surface area contributed by atoms with Crippen molar-refractivity contribution in [3.05, 3.63) is 77.5 Å². The zero-order valence-corrected chi connectivity index (χ0v) is 15.9. The highest BCUT2D eigenvalue weighted by Crippen LogP contribution is 2.26. The van der Waals surface area contributed by atoms with Gasteiger partial charge in [0.05, 0.1) is 17.9 Å². The third-order valence-corrected chi connectivity index (χ3v) is 3.93. The van der Waals surface area contributed by atoms with E-state index >= 15 is 0 Å². The number of Topliss-reactive ketones (excluding diaryl/α,β-unsaturated/α-hetero) is 1. The van der Waals surface area contributed by atoms with Gasteiger partial charge in [-0.05, 0) is 36.7 Å². The van der Waals surface area contributed by atoms with Crippen LogP contribution in [0.3, 0.4) is 0 Å². The van der Waals surface area contributed by atoms with Crippen molar-refractivity contribution in [1.29, 1.82) is 0 Å². The lowest BCUT2D eigenvalue weighted by molar-refractivity contribution is 0.0885. The Kier molecular flexibility index (Phi) is 8.19. The van der Waals surface area contributed by atoms with E-state index in [4.69, 9.17) is 25.3 Å². The first-order chi connectivity index (χ1) is 13.0. The maximum absolute atomic E-state index is 12.7. The number of thiol groups is 1. The molecule has 0 radical (unpaired) electrons. The van der Waals surface area contributed by atoms with Crippen molar-refractivity contribution in [2.75, 3.05) is 6.61 Å². The monoisotopic (exact) mass is 407 g/mol. The average Bonchev–Trinajstić information content (AvgIpc) is 2.68. The lowest BCUT2D eigenvalue weighted by Gasteiger charge is -2.17. The minimum absolute atomic E-state index is 0.0781. The summed E-state index contributed by atoms with van der Waals surface area (Å²) in [6.07, 6.45) is 0.477. The molecule has 6 nitrogen and oxygen atoms in total. The van der Waals surface area contributed by atoms with E-state index < -0.39 is 17.9 Å². The first-order valence-electron chi connectivity index (χ1n) is 7.90. The smallest absolute Gasteiger partial charge is 0.408 e. The van der Waals surface area contributed by atoms with Gasteiger partial charge in [-0.3, -0.25) is 4.79 Å². The SMILES string of the molecule is C=COc1ccc(C(=O)[C@@H](COS)NC(=O)OCc2ccccc2)cc1Cl. The van der Waals surface area contributed by atoms with E-state index in [9.17, 15) is 9.59 Å². The number of carbonyl (C=O) groups excluding carboxylic acids is 2. The van der Waals surface area contributed by atoms with E-state index in [0.29, 0.717) is 5.75 Å². The number of halogens is 1. The number of carbonyl (C=O) groups is 2. The molecule has 0 bridgehead atoms. The minimum atomic E-state index is -0.993. The van der Waals surface area contributed by atoms with Crippen LogP contribution in [0.4, 0.5) is 4.79 Å². The number of ketones is 1. The Balaban J connectivity index is 2.02. The fourth-order valence-electron chi connectivity index (χ4n) is 2.21. The van der Waals surface area contributed by atoms with Crippen LogP contribution in [0.5, 0.6) is 5.75 Å². The molecule has 0 saturated carbocycles. The molecule has 0 aliphatic carbocycles. The van der Waals surface area contributed by atoms with Crippen LogP contribution in [-0.2, 0) is 15.5 Å². The third-order valence-electron chi connectivity index (χ3n) is 3.49. The molecular weight excluding hydrogens is 390 g/mol. The molecule has 142 valence electrons. The number of ether oxygens (including phenoxy) is 2. The van der Waals surface area contributed by atoms with Gasteiger partial charge in [0, 0.05) is 5.56 Å². The van der Waals surface area contributed by atoms with Gasteiger partial charge in [-0.1, -0.05) is 48.5 Å². The molecule has 0 unspecified atom stereocenters. The summed E-state index contributed by atoms with van der Waals surface area (Å²) in [6, 6.07) is 12.7. The lowest BCUT2D eigenvalue weighted by atomic mass is 10.0. The lowest BCUT2D eigenvalue weighted by Crippen LogP contribution is -2.43. The number of hydrogen-bond acceptors (Lipinski definition) is 6. The minimum Gasteiger partial charge on any atom is -0.464 e. The number of rotatable bonds is 9. The Morgan fingerprint density at radius 3 is 2.59 bits per heavy atom. The van der Waals surface area contributed by atoms with E-state index in [0.717, 1.165) is 5.56 Å². The van der Waals surface area contributed by atoms with Gasteiger partial charge in [0.15, 0.2) is 5.78 Å². The zero-order chi connectivity index (χ0) is 19.6. The predicted octanol–water partition coefficient (Wildman–Crippen LogP) is 4.20. The summed E-state index contributed by atoms with van der Waals surface area (Å²) in [5.41, 5.74) is 1.10. The summed E-state index contributed by atoms with van der Waals surface area (Å²) in [7, 11) is 0. The summed E-state index contributed by atoms with van der Waals surface area (Å²) >= 11 is 9.74. The van der Waals surface area contributed by atoms with E-state index in [2.05, 4.69) is 24.8 Å². The molecular formula is C19H18ClNO5S. The fourth-order valence-corrected chi connectivity index (χ4v) is 2.58. The first-order valence-corrected chi connectivity index (χ1v) is 8.64. The Hall–Kier alpha value is -2.48. The van der Waals surface area contributed by atoms with Crippen molar-refractivity contribution in [2.45, 2.75) is 12.6 Å². The molecule has 0 saturated heterocycles. The van der Waals surface area contributed by atoms with Crippen LogP contribution in [0, 0.1) is 0 Å². The number of alkyl carbamates (subject to hydrolysis) is 1.